The molecular formula is C15H21N3S. The van der Waals surface area contributed by atoms with Gasteiger partial charge in [0.1, 0.15) is 12.0 Å². The number of rotatable bonds is 2. The van der Waals surface area contributed by atoms with Crippen molar-refractivity contribution in [3.8, 4) is 0 Å². The van der Waals surface area contributed by atoms with Crippen LogP contribution in [0.2, 0.25) is 0 Å². The highest BCUT2D eigenvalue weighted by Crippen LogP contribution is 2.28. The lowest BCUT2D eigenvalue weighted by molar-refractivity contribution is 1.03. The third-order valence-electron chi connectivity index (χ3n) is 3.15. The van der Waals surface area contributed by atoms with Crippen LogP contribution >= 0.6 is 11.8 Å². The number of nitrogens with zero attached hydrogens (tertiary/aromatic N) is 2. The monoisotopic (exact) mass is 275 g/mol. The second kappa shape index (κ2) is 6.75. The molecule has 1 aliphatic rings. The third-order valence-corrected chi connectivity index (χ3v) is 4.05. The molecule has 0 amide bonds. The molecule has 3 rings (SSSR count). The van der Waals surface area contributed by atoms with Gasteiger partial charge in [-0.15, -0.1) is 0 Å². The number of aryl methyl sites for hydroxylation is 1. The lowest BCUT2D eigenvalue weighted by Gasteiger charge is -2.10. The minimum Gasteiger partial charge on any atom is -0.339 e. The predicted octanol–water partition coefficient (Wildman–Crippen LogP) is 4.07. The third kappa shape index (κ3) is 3.00. The first-order valence-corrected chi connectivity index (χ1v) is 8.13. The van der Waals surface area contributed by atoms with Crippen LogP contribution in [0.15, 0.2) is 18.5 Å². The van der Waals surface area contributed by atoms with Gasteiger partial charge in [-0.1, -0.05) is 26.8 Å². The van der Waals surface area contributed by atoms with Gasteiger partial charge in [-0.3, -0.25) is 0 Å². The first-order valence-electron chi connectivity index (χ1n) is 6.98. The molecule has 0 saturated carbocycles. The van der Waals surface area contributed by atoms with Gasteiger partial charge < -0.3 is 4.98 Å². The quantitative estimate of drug-likeness (QED) is 0.898. The maximum atomic E-state index is 4.33. The van der Waals surface area contributed by atoms with Crippen molar-refractivity contribution < 1.29 is 0 Å². The Balaban J connectivity index is 0.000000637. The molecule has 2 aromatic rings. The Bertz CT molecular complexity index is 572. The maximum absolute atomic E-state index is 4.33. The van der Waals surface area contributed by atoms with Crippen molar-refractivity contribution in [1.82, 2.24) is 15.0 Å². The zero-order chi connectivity index (χ0) is 13.7. The van der Waals surface area contributed by atoms with Gasteiger partial charge in [0.05, 0.1) is 5.69 Å². The molecule has 3 nitrogen and oxygen atoms in total. The first-order chi connectivity index (χ1) is 9.38. The molecule has 0 saturated heterocycles. The van der Waals surface area contributed by atoms with E-state index < -0.39 is 0 Å². The molecule has 0 aliphatic carbocycles. The number of aromatic amines is 1. The predicted molar refractivity (Wildman–Crippen MR) is 84.5 cm³/mol. The van der Waals surface area contributed by atoms with E-state index in [9.17, 15) is 0 Å². The van der Waals surface area contributed by atoms with Crippen LogP contribution in [0.1, 0.15) is 38.6 Å². The molecule has 1 N–H and O–H groups in total. The topological polar surface area (TPSA) is 41.6 Å². The Kier molecular flexibility index (Phi) is 5.02. The fraction of sp³-hybridized carbons (Fsp3) is 0.467. The second-order valence-electron chi connectivity index (χ2n) is 4.17. The molecular weight excluding hydrogens is 254 g/mol. The molecule has 2 aromatic heterocycles. The fourth-order valence-corrected chi connectivity index (χ4v) is 3.07. The summed E-state index contributed by atoms with van der Waals surface area (Å²) >= 11 is 1.99. The lowest BCUT2D eigenvalue weighted by Crippen LogP contribution is -1.95. The van der Waals surface area contributed by atoms with E-state index in [1.54, 1.807) is 6.33 Å². The SMILES string of the molecule is CC.CCc1ncnc2[nH]c(C3=CCSCC3)cc12. The summed E-state index contributed by atoms with van der Waals surface area (Å²) < 4.78 is 0. The van der Waals surface area contributed by atoms with Crippen LogP contribution in [0.25, 0.3) is 16.6 Å². The zero-order valence-electron chi connectivity index (χ0n) is 11.9. The highest BCUT2D eigenvalue weighted by atomic mass is 32.2. The number of thioether (sulfide) groups is 1. The number of fused-ring (bicyclic) bond motifs is 1. The summed E-state index contributed by atoms with van der Waals surface area (Å²) in [6.07, 6.45) is 6.06. The molecule has 0 spiro atoms. The molecule has 0 fully saturated rings. The van der Waals surface area contributed by atoms with E-state index >= 15 is 0 Å². The molecule has 102 valence electrons. The van der Waals surface area contributed by atoms with Crippen LogP contribution in [0.4, 0.5) is 0 Å². The van der Waals surface area contributed by atoms with Gasteiger partial charge in [-0.25, -0.2) is 9.97 Å². The average Bonchev–Trinajstić information content (AvgIpc) is 2.94. The summed E-state index contributed by atoms with van der Waals surface area (Å²) in [5.74, 6) is 2.34. The number of hydrogen-bond donors (Lipinski definition) is 1. The van der Waals surface area contributed by atoms with Crippen molar-refractivity contribution in [3.05, 3.63) is 29.9 Å². The lowest BCUT2D eigenvalue weighted by atomic mass is 10.1. The van der Waals surface area contributed by atoms with Crippen molar-refractivity contribution >= 4 is 28.4 Å². The van der Waals surface area contributed by atoms with Gasteiger partial charge in [0.25, 0.3) is 0 Å². The first kappa shape index (κ1) is 14.1. The standard InChI is InChI=1S/C13H15N3S.C2H6/c1-2-11-10-7-12(9-3-5-17-6-4-9)16-13(10)15-8-14-11;1-2/h3,7-8H,2,4-6H2,1H3,(H,14,15,16);1-2H3. The molecule has 0 unspecified atom stereocenters. The molecule has 0 bridgehead atoms. The Morgan fingerprint density at radius 3 is 2.84 bits per heavy atom. The van der Waals surface area contributed by atoms with E-state index in [1.165, 1.54) is 22.4 Å². The summed E-state index contributed by atoms with van der Waals surface area (Å²) in [4.78, 5) is 12.0. The molecule has 19 heavy (non-hydrogen) atoms. The van der Waals surface area contributed by atoms with Crippen LogP contribution < -0.4 is 0 Å². The van der Waals surface area contributed by atoms with Gasteiger partial charge >= 0.3 is 0 Å². The van der Waals surface area contributed by atoms with Crippen molar-refractivity contribution in [1.29, 1.82) is 0 Å². The Hall–Kier alpha value is -1.29. The van der Waals surface area contributed by atoms with E-state index in [1.807, 2.05) is 25.6 Å². The van der Waals surface area contributed by atoms with Gasteiger partial charge in [0.2, 0.25) is 0 Å². The van der Waals surface area contributed by atoms with Crippen LogP contribution in [0, 0.1) is 0 Å². The van der Waals surface area contributed by atoms with Crippen molar-refractivity contribution in [2.24, 2.45) is 0 Å². The van der Waals surface area contributed by atoms with Crippen molar-refractivity contribution in [2.45, 2.75) is 33.6 Å². The van der Waals surface area contributed by atoms with Crippen molar-refractivity contribution in [3.63, 3.8) is 0 Å². The number of allylic oxidation sites excluding steroid dienone is 1. The van der Waals surface area contributed by atoms with E-state index in [0.717, 1.165) is 29.9 Å². The smallest absolute Gasteiger partial charge is 0.141 e. The van der Waals surface area contributed by atoms with E-state index in [-0.39, 0.29) is 0 Å². The van der Waals surface area contributed by atoms with Crippen molar-refractivity contribution in [2.75, 3.05) is 11.5 Å². The Morgan fingerprint density at radius 1 is 1.32 bits per heavy atom. The Labute approximate surface area is 118 Å². The molecule has 0 radical (unpaired) electrons. The molecule has 0 atom stereocenters. The highest BCUT2D eigenvalue weighted by molar-refractivity contribution is 7.99. The summed E-state index contributed by atoms with van der Waals surface area (Å²) in [7, 11) is 0. The minimum absolute atomic E-state index is 0.950. The summed E-state index contributed by atoms with van der Waals surface area (Å²) in [6.45, 7) is 6.13. The maximum Gasteiger partial charge on any atom is 0.141 e. The summed E-state index contributed by atoms with van der Waals surface area (Å²) in [5, 5.41) is 1.17. The van der Waals surface area contributed by atoms with Gasteiger partial charge in [0.15, 0.2) is 0 Å². The molecule has 0 aromatic carbocycles. The normalized spacial score (nSPS) is 14.8. The van der Waals surface area contributed by atoms with E-state index in [2.05, 4.69) is 34.0 Å². The number of aromatic nitrogens is 3. The van der Waals surface area contributed by atoms with E-state index in [4.69, 9.17) is 0 Å². The highest BCUT2D eigenvalue weighted by Gasteiger charge is 2.11. The van der Waals surface area contributed by atoms with E-state index in [0.29, 0.717) is 0 Å². The minimum atomic E-state index is 0.950. The zero-order valence-corrected chi connectivity index (χ0v) is 12.7. The Morgan fingerprint density at radius 2 is 2.16 bits per heavy atom. The largest absolute Gasteiger partial charge is 0.339 e. The second-order valence-corrected chi connectivity index (χ2v) is 5.32. The van der Waals surface area contributed by atoms with Crippen LogP contribution in [-0.4, -0.2) is 26.5 Å². The van der Waals surface area contributed by atoms with Gasteiger partial charge in [-0.05, 0) is 30.2 Å². The van der Waals surface area contributed by atoms with Crippen LogP contribution in [-0.2, 0) is 6.42 Å². The number of H-pyrrole nitrogens is 1. The molecule has 3 heterocycles. The van der Waals surface area contributed by atoms with Crippen LogP contribution in [0.3, 0.4) is 0 Å². The van der Waals surface area contributed by atoms with Gasteiger partial charge in [0, 0.05) is 16.8 Å². The fourth-order valence-electron chi connectivity index (χ4n) is 2.22. The van der Waals surface area contributed by atoms with Crippen LogP contribution in [0.5, 0.6) is 0 Å². The number of hydrogen-bond acceptors (Lipinski definition) is 3. The molecule has 4 heteroatoms. The number of nitrogens with one attached hydrogen (secondary N) is 1. The average molecular weight is 275 g/mol. The summed E-state index contributed by atoms with van der Waals surface area (Å²) in [6, 6.07) is 2.20. The molecule has 1 aliphatic heterocycles. The van der Waals surface area contributed by atoms with Gasteiger partial charge in [-0.2, -0.15) is 11.8 Å². The summed E-state index contributed by atoms with van der Waals surface area (Å²) in [5.41, 5.74) is 4.73.